The Bertz CT molecular complexity index is 193. The summed E-state index contributed by atoms with van der Waals surface area (Å²) in [5.41, 5.74) is 12.6. The first kappa shape index (κ1) is 7.65. The molecular formula is C6H11N3S. The van der Waals surface area contributed by atoms with Gasteiger partial charge in [-0.15, -0.1) is 11.3 Å². The fourth-order valence-corrected chi connectivity index (χ4v) is 1.31. The van der Waals surface area contributed by atoms with Crippen LogP contribution in [0.2, 0.25) is 0 Å². The molecule has 0 bridgehead atoms. The molecule has 1 aromatic rings. The molecule has 4 heteroatoms. The van der Waals surface area contributed by atoms with Gasteiger partial charge in [-0.05, 0) is 6.92 Å². The Hall–Kier alpha value is -0.450. The lowest BCUT2D eigenvalue weighted by molar-refractivity contribution is 0.517. The molecule has 1 heterocycles. The highest BCUT2D eigenvalue weighted by atomic mass is 32.1. The van der Waals surface area contributed by atoms with Crippen LogP contribution < -0.4 is 11.5 Å². The van der Waals surface area contributed by atoms with E-state index in [4.69, 9.17) is 11.5 Å². The second-order valence-corrected chi connectivity index (χ2v) is 3.37. The Morgan fingerprint density at radius 1 is 1.80 bits per heavy atom. The number of aromatic nitrogens is 1. The van der Waals surface area contributed by atoms with E-state index in [2.05, 4.69) is 4.98 Å². The van der Waals surface area contributed by atoms with Crippen molar-refractivity contribution in [2.75, 3.05) is 6.54 Å². The summed E-state index contributed by atoms with van der Waals surface area (Å²) in [5, 5.41) is 0. The normalized spacial score (nSPS) is 16.7. The average Bonchev–Trinajstić information content (AvgIpc) is 2.38. The molecule has 0 aliphatic carbocycles. The van der Waals surface area contributed by atoms with Crippen LogP contribution in [-0.4, -0.2) is 11.5 Å². The van der Waals surface area contributed by atoms with Crippen LogP contribution in [0.1, 0.15) is 11.8 Å². The number of rotatable bonds is 2. The monoisotopic (exact) mass is 157 g/mol. The Labute approximate surface area is 64.1 Å². The van der Waals surface area contributed by atoms with Crippen molar-refractivity contribution in [3.63, 3.8) is 0 Å². The molecule has 4 N–H and O–H groups in total. The maximum atomic E-state index is 5.83. The summed E-state index contributed by atoms with van der Waals surface area (Å²) in [6.07, 6.45) is 1.76. The predicted octanol–water partition coefficient (Wildman–Crippen LogP) is 0.276. The van der Waals surface area contributed by atoms with Gasteiger partial charge in [0.2, 0.25) is 0 Å². The number of nitrogens with zero attached hydrogens (tertiary/aromatic N) is 1. The first-order chi connectivity index (χ1) is 4.67. The molecule has 0 spiro atoms. The lowest BCUT2D eigenvalue weighted by atomic mass is 10.0. The van der Waals surface area contributed by atoms with Crippen molar-refractivity contribution >= 4 is 11.3 Å². The summed E-state index contributed by atoms with van der Waals surface area (Å²) >= 11 is 1.54. The Morgan fingerprint density at radius 3 is 2.90 bits per heavy atom. The van der Waals surface area contributed by atoms with Crippen molar-refractivity contribution in [1.29, 1.82) is 0 Å². The highest BCUT2D eigenvalue weighted by molar-refractivity contribution is 7.09. The number of thiazole rings is 1. The standard InChI is InChI=1S/C6H11N3S/c1-6(8,3-7)5-2-9-4-10-5/h2,4H,3,7-8H2,1H3. The van der Waals surface area contributed by atoms with E-state index in [1.807, 2.05) is 6.92 Å². The van der Waals surface area contributed by atoms with Crippen LogP contribution in [0.3, 0.4) is 0 Å². The second-order valence-electron chi connectivity index (χ2n) is 2.49. The zero-order chi connectivity index (χ0) is 7.61. The molecule has 1 atom stereocenters. The fraction of sp³-hybridized carbons (Fsp3) is 0.500. The summed E-state index contributed by atoms with van der Waals surface area (Å²) in [7, 11) is 0. The second kappa shape index (κ2) is 2.65. The maximum Gasteiger partial charge on any atom is 0.0794 e. The van der Waals surface area contributed by atoms with Crippen molar-refractivity contribution in [2.45, 2.75) is 12.5 Å². The zero-order valence-electron chi connectivity index (χ0n) is 5.87. The molecule has 1 aromatic heterocycles. The van der Waals surface area contributed by atoms with Crippen molar-refractivity contribution in [1.82, 2.24) is 4.98 Å². The molecule has 0 radical (unpaired) electrons. The molecule has 0 amide bonds. The van der Waals surface area contributed by atoms with Gasteiger partial charge in [-0.2, -0.15) is 0 Å². The van der Waals surface area contributed by atoms with E-state index in [0.29, 0.717) is 6.54 Å². The molecule has 1 rings (SSSR count). The maximum absolute atomic E-state index is 5.83. The van der Waals surface area contributed by atoms with Crippen LogP contribution in [0, 0.1) is 0 Å². The van der Waals surface area contributed by atoms with Crippen molar-refractivity contribution in [3.05, 3.63) is 16.6 Å². The van der Waals surface area contributed by atoms with E-state index < -0.39 is 5.54 Å². The molecule has 0 saturated heterocycles. The van der Waals surface area contributed by atoms with Gasteiger partial charge in [0.15, 0.2) is 0 Å². The van der Waals surface area contributed by atoms with E-state index in [9.17, 15) is 0 Å². The van der Waals surface area contributed by atoms with E-state index in [0.717, 1.165) is 4.88 Å². The Balaban J connectivity index is 2.85. The molecule has 3 nitrogen and oxygen atoms in total. The number of nitrogens with two attached hydrogens (primary N) is 2. The van der Waals surface area contributed by atoms with Crippen molar-refractivity contribution in [3.8, 4) is 0 Å². The van der Waals surface area contributed by atoms with E-state index in [1.165, 1.54) is 11.3 Å². The van der Waals surface area contributed by atoms with Gasteiger partial charge in [0, 0.05) is 17.6 Å². The minimum atomic E-state index is -0.402. The van der Waals surface area contributed by atoms with Gasteiger partial charge in [0.25, 0.3) is 0 Å². The van der Waals surface area contributed by atoms with E-state index in [-0.39, 0.29) is 0 Å². The SMILES string of the molecule is CC(N)(CN)c1cncs1. The molecule has 0 saturated carbocycles. The lowest BCUT2D eigenvalue weighted by Gasteiger charge is -2.19. The largest absolute Gasteiger partial charge is 0.328 e. The minimum Gasteiger partial charge on any atom is -0.328 e. The molecule has 0 fully saturated rings. The first-order valence-electron chi connectivity index (χ1n) is 3.05. The topological polar surface area (TPSA) is 64.9 Å². The van der Waals surface area contributed by atoms with Gasteiger partial charge in [0.05, 0.1) is 11.0 Å². The van der Waals surface area contributed by atoms with Gasteiger partial charge in [-0.25, -0.2) is 0 Å². The van der Waals surface area contributed by atoms with E-state index >= 15 is 0 Å². The van der Waals surface area contributed by atoms with Crippen molar-refractivity contribution < 1.29 is 0 Å². The molecular weight excluding hydrogens is 146 g/mol. The zero-order valence-corrected chi connectivity index (χ0v) is 6.69. The Kier molecular flexibility index (Phi) is 2.03. The van der Waals surface area contributed by atoms with Crippen molar-refractivity contribution in [2.24, 2.45) is 11.5 Å². The Morgan fingerprint density at radius 2 is 2.50 bits per heavy atom. The van der Waals surface area contributed by atoms with Gasteiger partial charge in [-0.3, -0.25) is 4.98 Å². The minimum absolute atomic E-state index is 0.402. The summed E-state index contributed by atoms with van der Waals surface area (Å²) in [4.78, 5) is 4.96. The van der Waals surface area contributed by atoms with Crippen LogP contribution >= 0.6 is 11.3 Å². The summed E-state index contributed by atoms with van der Waals surface area (Å²) in [6, 6.07) is 0. The van der Waals surface area contributed by atoms with Gasteiger partial charge in [-0.1, -0.05) is 0 Å². The highest BCUT2D eigenvalue weighted by Crippen LogP contribution is 2.19. The van der Waals surface area contributed by atoms with Crippen LogP contribution in [0.5, 0.6) is 0 Å². The van der Waals surface area contributed by atoms with Gasteiger partial charge < -0.3 is 11.5 Å². The fourth-order valence-electron chi connectivity index (χ4n) is 0.598. The third kappa shape index (κ3) is 1.34. The van der Waals surface area contributed by atoms with E-state index in [1.54, 1.807) is 11.7 Å². The third-order valence-corrected chi connectivity index (χ3v) is 2.47. The summed E-state index contributed by atoms with van der Waals surface area (Å²) in [6.45, 7) is 2.36. The average molecular weight is 157 g/mol. The van der Waals surface area contributed by atoms with Gasteiger partial charge in [0.1, 0.15) is 0 Å². The number of hydrogen-bond acceptors (Lipinski definition) is 4. The predicted molar refractivity (Wildman–Crippen MR) is 42.7 cm³/mol. The van der Waals surface area contributed by atoms with Crippen LogP contribution in [0.15, 0.2) is 11.7 Å². The van der Waals surface area contributed by atoms with Crippen LogP contribution in [0.25, 0.3) is 0 Å². The molecule has 10 heavy (non-hydrogen) atoms. The van der Waals surface area contributed by atoms with Crippen LogP contribution in [-0.2, 0) is 5.54 Å². The highest BCUT2D eigenvalue weighted by Gasteiger charge is 2.19. The smallest absolute Gasteiger partial charge is 0.0794 e. The third-order valence-electron chi connectivity index (χ3n) is 1.42. The summed E-state index contributed by atoms with van der Waals surface area (Å²) in [5.74, 6) is 0. The molecule has 1 unspecified atom stereocenters. The lowest BCUT2D eigenvalue weighted by Crippen LogP contribution is -2.40. The molecule has 0 aliphatic heterocycles. The summed E-state index contributed by atoms with van der Waals surface area (Å²) < 4.78 is 0. The number of hydrogen-bond donors (Lipinski definition) is 2. The quantitative estimate of drug-likeness (QED) is 0.648. The molecule has 0 aromatic carbocycles. The van der Waals surface area contributed by atoms with Gasteiger partial charge >= 0.3 is 0 Å². The first-order valence-corrected chi connectivity index (χ1v) is 3.93. The van der Waals surface area contributed by atoms with Crippen LogP contribution in [0.4, 0.5) is 0 Å². The molecule has 0 aliphatic rings. The molecule has 56 valence electrons.